The van der Waals surface area contributed by atoms with E-state index in [4.69, 9.17) is 0 Å². The fourth-order valence-corrected chi connectivity index (χ4v) is 4.70. The topological polar surface area (TPSA) is 32.3 Å². The van der Waals surface area contributed by atoms with Crippen molar-refractivity contribution in [3.05, 3.63) is 84.4 Å². The molecule has 1 heterocycles. The SMILES string of the molecule is C=CC[C@]1(O)[C@H](C)[C@H](c2ccccc2)N[C@@H](c2ccccc2)[C@H]1CCC. The summed E-state index contributed by atoms with van der Waals surface area (Å²) in [5, 5.41) is 15.8. The minimum Gasteiger partial charge on any atom is -0.389 e. The van der Waals surface area contributed by atoms with Crippen LogP contribution < -0.4 is 5.32 Å². The molecule has 0 amide bonds. The summed E-state index contributed by atoms with van der Waals surface area (Å²) in [6.07, 6.45) is 4.54. The molecule has 2 aromatic rings. The van der Waals surface area contributed by atoms with Crippen LogP contribution in [0, 0.1) is 11.8 Å². The molecule has 1 aliphatic rings. The second-order valence-electron chi connectivity index (χ2n) is 7.61. The zero-order valence-electron chi connectivity index (χ0n) is 15.9. The van der Waals surface area contributed by atoms with Crippen LogP contribution in [0.15, 0.2) is 73.3 Å². The molecule has 2 aromatic carbocycles. The first-order valence-electron chi connectivity index (χ1n) is 9.81. The van der Waals surface area contributed by atoms with Gasteiger partial charge in [-0.15, -0.1) is 6.58 Å². The minimum absolute atomic E-state index is 0.0967. The lowest BCUT2D eigenvalue weighted by molar-refractivity contribution is -0.117. The Labute approximate surface area is 158 Å². The lowest BCUT2D eigenvalue weighted by Crippen LogP contribution is -2.58. The van der Waals surface area contributed by atoms with Gasteiger partial charge in [-0.3, -0.25) is 0 Å². The number of benzene rings is 2. The van der Waals surface area contributed by atoms with Crippen molar-refractivity contribution in [3.63, 3.8) is 0 Å². The van der Waals surface area contributed by atoms with Crippen LogP contribution in [0.3, 0.4) is 0 Å². The van der Waals surface area contributed by atoms with Gasteiger partial charge in [0.05, 0.1) is 5.60 Å². The van der Waals surface area contributed by atoms with E-state index in [0.29, 0.717) is 6.42 Å². The maximum absolute atomic E-state index is 11.9. The smallest absolute Gasteiger partial charge is 0.0771 e. The van der Waals surface area contributed by atoms with Crippen LogP contribution in [0.5, 0.6) is 0 Å². The van der Waals surface area contributed by atoms with E-state index in [9.17, 15) is 5.11 Å². The second-order valence-corrected chi connectivity index (χ2v) is 7.61. The highest BCUT2D eigenvalue weighted by Gasteiger charge is 2.51. The van der Waals surface area contributed by atoms with E-state index in [2.05, 4.69) is 74.3 Å². The predicted octanol–water partition coefficient (Wildman–Crippen LogP) is 5.43. The molecule has 1 fully saturated rings. The van der Waals surface area contributed by atoms with Gasteiger partial charge in [0.25, 0.3) is 0 Å². The lowest BCUT2D eigenvalue weighted by Gasteiger charge is -2.53. The summed E-state index contributed by atoms with van der Waals surface area (Å²) in [5.74, 6) is 0.252. The summed E-state index contributed by atoms with van der Waals surface area (Å²) in [7, 11) is 0. The van der Waals surface area contributed by atoms with E-state index in [-0.39, 0.29) is 23.9 Å². The third kappa shape index (κ3) is 3.49. The fourth-order valence-electron chi connectivity index (χ4n) is 4.70. The van der Waals surface area contributed by atoms with Crippen molar-refractivity contribution in [2.45, 2.75) is 50.8 Å². The quantitative estimate of drug-likeness (QED) is 0.681. The molecule has 1 aliphatic heterocycles. The fraction of sp³-hybridized carbons (Fsp3) is 0.417. The van der Waals surface area contributed by atoms with Crippen LogP contribution in [0.2, 0.25) is 0 Å². The highest BCUT2D eigenvalue weighted by Crippen LogP contribution is 2.50. The highest BCUT2D eigenvalue weighted by atomic mass is 16.3. The third-order valence-corrected chi connectivity index (χ3v) is 6.08. The Morgan fingerprint density at radius 2 is 1.54 bits per heavy atom. The number of hydrogen-bond acceptors (Lipinski definition) is 2. The van der Waals surface area contributed by atoms with E-state index in [0.717, 1.165) is 12.8 Å². The van der Waals surface area contributed by atoms with Crippen molar-refractivity contribution in [1.82, 2.24) is 5.32 Å². The minimum atomic E-state index is -0.774. The Morgan fingerprint density at radius 1 is 1.00 bits per heavy atom. The molecule has 0 aliphatic carbocycles. The van der Waals surface area contributed by atoms with Crippen molar-refractivity contribution in [2.75, 3.05) is 0 Å². The first-order valence-corrected chi connectivity index (χ1v) is 9.81. The van der Waals surface area contributed by atoms with Gasteiger partial charge in [0.2, 0.25) is 0 Å². The molecule has 0 saturated carbocycles. The maximum Gasteiger partial charge on any atom is 0.0771 e. The van der Waals surface area contributed by atoms with Gasteiger partial charge >= 0.3 is 0 Å². The third-order valence-electron chi connectivity index (χ3n) is 6.08. The average Bonchev–Trinajstić information content (AvgIpc) is 2.68. The average molecular weight is 350 g/mol. The van der Waals surface area contributed by atoms with Gasteiger partial charge in [0.1, 0.15) is 0 Å². The summed E-state index contributed by atoms with van der Waals surface area (Å²) in [4.78, 5) is 0. The van der Waals surface area contributed by atoms with E-state index in [1.165, 1.54) is 11.1 Å². The first-order chi connectivity index (χ1) is 12.6. The van der Waals surface area contributed by atoms with E-state index < -0.39 is 5.60 Å². The molecule has 0 unspecified atom stereocenters. The molecule has 138 valence electrons. The van der Waals surface area contributed by atoms with Gasteiger partial charge in [-0.05, 0) is 24.0 Å². The van der Waals surface area contributed by atoms with Gasteiger partial charge in [0.15, 0.2) is 0 Å². The van der Waals surface area contributed by atoms with Crippen molar-refractivity contribution >= 4 is 0 Å². The molecule has 3 rings (SSSR count). The molecule has 2 N–H and O–H groups in total. The summed E-state index contributed by atoms with van der Waals surface area (Å²) in [5.41, 5.74) is 1.71. The first kappa shape index (κ1) is 18.9. The molecular formula is C24H31NO. The number of hydrogen-bond donors (Lipinski definition) is 2. The zero-order valence-corrected chi connectivity index (χ0v) is 15.9. The Bertz CT molecular complexity index is 699. The molecular weight excluding hydrogens is 318 g/mol. The largest absolute Gasteiger partial charge is 0.389 e. The molecule has 0 bridgehead atoms. The van der Waals surface area contributed by atoms with Gasteiger partial charge < -0.3 is 10.4 Å². The zero-order chi connectivity index (χ0) is 18.6. The van der Waals surface area contributed by atoms with Crippen molar-refractivity contribution in [2.24, 2.45) is 11.8 Å². The molecule has 2 nitrogen and oxygen atoms in total. The molecule has 5 atom stereocenters. The maximum atomic E-state index is 11.9. The Kier molecular flexibility index (Phi) is 5.95. The van der Waals surface area contributed by atoms with Crippen LogP contribution >= 0.6 is 0 Å². The van der Waals surface area contributed by atoms with Crippen LogP contribution in [-0.2, 0) is 0 Å². The summed E-state index contributed by atoms with van der Waals surface area (Å²) < 4.78 is 0. The summed E-state index contributed by atoms with van der Waals surface area (Å²) >= 11 is 0. The molecule has 0 aromatic heterocycles. The highest BCUT2D eigenvalue weighted by molar-refractivity contribution is 5.28. The Hall–Kier alpha value is -1.90. The van der Waals surface area contributed by atoms with Gasteiger partial charge in [-0.25, -0.2) is 0 Å². The monoisotopic (exact) mass is 349 g/mol. The van der Waals surface area contributed by atoms with Gasteiger partial charge in [0, 0.05) is 23.9 Å². The summed E-state index contributed by atoms with van der Waals surface area (Å²) in [6.45, 7) is 8.32. The lowest BCUT2D eigenvalue weighted by atomic mass is 9.63. The summed E-state index contributed by atoms with van der Waals surface area (Å²) in [6, 6.07) is 21.3. The van der Waals surface area contributed by atoms with Crippen molar-refractivity contribution in [1.29, 1.82) is 0 Å². The molecule has 2 heteroatoms. The van der Waals surface area contributed by atoms with Crippen LogP contribution in [0.4, 0.5) is 0 Å². The molecule has 26 heavy (non-hydrogen) atoms. The van der Waals surface area contributed by atoms with Crippen LogP contribution in [0.25, 0.3) is 0 Å². The van der Waals surface area contributed by atoms with Crippen molar-refractivity contribution < 1.29 is 5.11 Å². The van der Waals surface area contributed by atoms with E-state index in [1.54, 1.807) is 0 Å². The van der Waals surface area contributed by atoms with Crippen LogP contribution in [-0.4, -0.2) is 10.7 Å². The Morgan fingerprint density at radius 3 is 2.04 bits per heavy atom. The normalized spacial score (nSPS) is 31.5. The number of piperidine rings is 1. The number of rotatable bonds is 6. The number of nitrogens with one attached hydrogen (secondary N) is 1. The van der Waals surface area contributed by atoms with Crippen LogP contribution in [0.1, 0.15) is 56.3 Å². The second kappa shape index (κ2) is 8.20. The van der Waals surface area contributed by atoms with Gasteiger partial charge in [-0.2, -0.15) is 0 Å². The van der Waals surface area contributed by atoms with Gasteiger partial charge in [-0.1, -0.05) is 87.0 Å². The van der Waals surface area contributed by atoms with E-state index in [1.807, 2.05) is 18.2 Å². The molecule has 0 spiro atoms. The molecule has 0 radical (unpaired) electrons. The number of aliphatic hydroxyl groups is 1. The predicted molar refractivity (Wildman–Crippen MR) is 109 cm³/mol. The molecule has 1 saturated heterocycles. The van der Waals surface area contributed by atoms with Crippen molar-refractivity contribution in [3.8, 4) is 0 Å². The standard InChI is InChI=1S/C24H31NO/c1-4-12-21-23(20-15-10-7-11-16-20)25-22(19-13-8-6-9-14-19)18(3)24(21,26)17-5-2/h5-11,13-16,18,21-23,25-26H,2,4,12,17H2,1,3H3/t18-,21-,22-,23+,24+/m1/s1. The van der Waals surface area contributed by atoms with E-state index >= 15 is 0 Å². The Balaban J connectivity index is 2.07.